The van der Waals surface area contributed by atoms with E-state index >= 15 is 0 Å². The molecule has 1 aromatic carbocycles. The summed E-state index contributed by atoms with van der Waals surface area (Å²) in [7, 11) is 1.77. The fourth-order valence-corrected chi connectivity index (χ4v) is 1.81. The Morgan fingerprint density at radius 2 is 2.24 bits per heavy atom. The molecule has 0 unspecified atom stereocenters. The van der Waals surface area contributed by atoms with Crippen molar-refractivity contribution in [2.24, 2.45) is 0 Å². The van der Waals surface area contributed by atoms with Crippen LogP contribution >= 0.6 is 0 Å². The predicted octanol–water partition coefficient (Wildman–Crippen LogP) is 1.13. The van der Waals surface area contributed by atoms with Gasteiger partial charge in [0.1, 0.15) is 12.4 Å². The summed E-state index contributed by atoms with van der Waals surface area (Å²) in [6.07, 6.45) is 0.889. The lowest BCUT2D eigenvalue weighted by atomic mass is 10.1. The van der Waals surface area contributed by atoms with Gasteiger partial charge in [0.25, 0.3) is 0 Å². The van der Waals surface area contributed by atoms with Crippen LogP contribution in [0.25, 0.3) is 0 Å². The van der Waals surface area contributed by atoms with Crippen LogP contribution in [0.4, 0.5) is 4.39 Å². The van der Waals surface area contributed by atoms with Crippen LogP contribution in [-0.4, -0.2) is 42.7 Å². The molecule has 114 valence electrons. The third-order valence-electron chi connectivity index (χ3n) is 2.79. The Bertz CT molecular complexity index is 535. The molecule has 2 N–H and O–H groups in total. The molecule has 0 radical (unpaired) electrons. The zero-order valence-electron chi connectivity index (χ0n) is 12.4. The third-order valence-corrected chi connectivity index (χ3v) is 2.79. The van der Waals surface area contributed by atoms with Crippen LogP contribution < -0.4 is 5.32 Å². The van der Waals surface area contributed by atoms with Crippen LogP contribution in [0.5, 0.6) is 0 Å². The lowest BCUT2D eigenvalue weighted by Crippen LogP contribution is -2.35. The zero-order valence-corrected chi connectivity index (χ0v) is 12.4. The van der Waals surface area contributed by atoms with Gasteiger partial charge in [0.05, 0.1) is 6.54 Å². The summed E-state index contributed by atoms with van der Waals surface area (Å²) in [5.74, 6) is 4.70. The molecule has 0 heterocycles. The minimum absolute atomic E-state index is 0.0646. The van der Waals surface area contributed by atoms with Crippen molar-refractivity contribution in [3.05, 3.63) is 35.1 Å². The number of aliphatic hydroxyl groups excluding tert-OH is 1. The molecule has 21 heavy (non-hydrogen) atoms. The van der Waals surface area contributed by atoms with Crippen LogP contribution in [0.15, 0.2) is 18.2 Å². The highest BCUT2D eigenvalue weighted by molar-refractivity contribution is 5.77. The van der Waals surface area contributed by atoms with Gasteiger partial charge in [0, 0.05) is 24.2 Å². The maximum Gasteiger partial charge on any atom is 0.234 e. The van der Waals surface area contributed by atoms with Gasteiger partial charge in [-0.1, -0.05) is 24.8 Å². The van der Waals surface area contributed by atoms with E-state index in [-0.39, 0.29) is 24.9 Å². The van der Waals surface area contributed by atoms with E-state index in [0.717, 1.165) is 6.42 Å². The van der Waals surface area contributed by atoms with E-state index in [1.54, 1.807) is 24.1 Å². The Kier molecular flexibility index (Phi) is 7.44. The van der Waals surface area contributed by atoms with Gasteiger partial charge in [-0.3, -0.25) is 9.69 Å². The van der Waals surface area contributed by atoms with Gasteiger partial charge in [0.15, 0.2) is 0 Å². The molecular weight excluding hydrogens is 271 g/mol. The monoisotopic (exact) mass is 292 g/mol. The summed E-state index contributed by atoms with van der Waals surface area (Å²) in [6.45, 7) is 2.96. The quantitative estimate of drug-likeness (QED) is 0.773. The average Bonchev–Trinajstić information content (AvgIpc) is 2.45. The number of amides is 1. The van der Waals surface area contributed by atoms with E-state index < -0.39 is 0 Å². The number of carbonyl (C=O) groups excluding carboxylic acids is 1. The second kappa shape index (κ2) is 9.11. The number of carbonyl (C=O) groups is 1. The van der Waals surface area contributed by atoms with E-state index in [9.17, 15) is 9.18 Å². The Labute approximate surface area is 125 Å². The third kappa shape index (κ3) is 6.39. The molecular formula is C16H21FN2O2. The first-order chi connectivity index (χ1) is 10.1. The molecule has 0 saturated heterocycles. The Morgan fingerprint density at radius 3 is 2.86 bits per heavy atom. The van der Waals surface area contributed by atoms with E-state index in [2.05, 4.69) is 17.2 Å². The molecule has 0 fully saturated rings. The van der Waals surface area contributed by atoms with Crippen LogP contribution in [0.2, 0.25) is 0 Å². The molecule has 4 nitrogen and oxygen atoms in total. The lowest BCUT2D eigenvalue weighted by Gasteiger charge is -2.16. The van der Waals surface area contributed by atoms with Crippen LogP contribution in [0.1, 0.15) is 24.5 Å². The van der Waals surface area contributed by atoms with Crippen LogP contribution in [-0.2, 0) is 11.3 Å². The molecule has 1 aromatic rings. The molecule has 0 aliphatic rings. The number of hydrogen-bond donors (Lipinski definition) is 2. The number of nitrogens with zero attached hydrogens (tertiary/aromatic N) is 1. The van der Waals surface area contributed by atoms with E-state index in [4.69, 9.17) is 5.11 Å². The Hall–Kier alpha value is -1.90. The van der Waals surface area contributed by atoms with Crippen LogP contribution in [0, 0.1) is 17.7 Å². The second-order valence-electron chi connectivity index (χ2n) is 4.79. The summed E-state index contributed by atoms with van der Waals surface area (Å²) < 4.78 is 13.9. The van der Waals surface area contributed by atoms with Crippen molar-refractivity contribution in [1.82, 2.24) is 10.2 Å². The van der Waals surface area contributed by atoms with Crippen molar-refractivity contribution in [2.75, 3.05) is 26.7 Å². The number of likely N-dealkylation sites (N-methyl/N-ethyl adjacent to an activating group) is 1. The first kappa shape index (κ1) is 17.2. The smallest absolute Gasteiger partial charge is 0.234 e. The molecule has 5 heteroatoms. The molecule has 0 atom stereocenters. The summed E-state index contributed by atoms with van der Waals surface area (Å²) in [4.78, 5) is 13.3. The first-order valence-corrected chi connectivity index (χ1v) is 6.90. The van der Waals surface area contributed by atoms with Crippen molar-refractivity contribution in [1.29, 1.82) is 0 Å². The molecule has 0 aliphatic carbocycles. The molecule has 1 amide bonds. The fourth-order valence-electron chi connectivity index (χ4n) is 1.81. The summed E-state index contributed by atoms with van der Waals surface area (Å²) in [6, 6.07) is 4.69. The normalized spacial score (nSPS) is 10.1. The van der Waals surface area contributed by atoms with E-state index in [1.807, 2.05) is 6.92 Å². The van der Waals surface area contributed by atoms with Gasteiger partial charge in [-0.2, -0.15) is 0 Å². The highest BCUT2D eigenvalue weighted by Crippen LogP contribution is 2.11. The van der Waals surface area contributed by atoms with Gasteiger partial charge >= 0.3 is 0 Å². The minimum Gasteiger partial charge on any atom is -0.384 e. The highest BCUT2D eigenvalue weighted by atomic mass is 19.1. The largest absolute Gasteiger partial charge is 0.384 e. The van der Waals surface area contributed by atoms with Crippen molar-refractivity contribution in [3.8, 4) is 11.8 Å². The molecule has 0 spiro atoms. The fraction of sp³-hybridized carbons (Fsp3) is 0.438. The summed E-state index contributed by atoms with van der Waals surface area (Å²) >= 11 is 0. The SMILES string of the molecule is CCCNC(=O)CN(C)Cc1ccc(C#CCO)cc1F. The average molecular weight is 292 g/mol. The van der Waals surface area contributed by atoms with Gasteiger partial charge in [0.2, 0.25) is 5.91 Å². The van der Waals surface area contributed by atoms with Crippen molar-refractivity contribution in [3.63, 3.8) is 0 Å². The first-order valence-electron chi connectivity index (χ1n) is 6.90. The van der Waals surface area contributed by atoms with Crippen molar-refractivity contribution in [2.45, 2.75) is 19.9 Å². The molecule has 0 bridgehead atoms. The van der Waals surface area contributed by atoms with Gasteiger partial charge in [-0.05, 0) is 25.6 Å². The number of nitrogens with one attached hydrogen (secondary N) is 1. The lowest BCUT2D eigenvalue weighted by molar-refractivity contribution is -0.122. The number of aliphatic hydroxyl groups is 1. The topological polar surface area (TPSA) is 52.6 Å². The summed E-state index contributed by atoms with van der Waals surface area (Å²) in [5.41, 5.74) is 1.03. The number of rotatable bonds is 6. The zero-order chi connectivity index (χ0) is 15.7. The van der Waals surface area contributed by atoms with E-state index in [1.165, 1.54) is 6.07 Å². The maximum absolute atomic E-state index is 13.9. The summed E-state index contributed by atoms with van der Waals surface area (Å²) in [5, 5.41) is 11.4. The Balaban J connectivity index is 2.60. The van der Waals surface area contributed by atoms with Crippen molar-refractivity contribution >= 4 is 5.91 Å². The second-order valence-corrected chi connectivity index (χ2v) is 4.79. The highest BCUT2D eigenvalue weighted by Gasteiger charge is 2.09. The molecule has 1 rings (SSSR count). The van der Waals surface area contributed by atoms with Crippen molar-refractivity contribution < 1.29 is 14.3 Å². The van der Waals surface area contributed by atoms with Crippen LogP contribution in [0.3, 0.4) is 0 Å². The predicted molar refractivity (Wildman–Crippen MR) is 80.0 cm³/mol. The molecule has 0 aromatic heterocycles. The minimum atomic E-state index is -0.361. The standard InChI is InChI=1S/C16H21FN2O2/c1-3-8-18-16(21)12-19(2)11-14-7-6-13(5-4-9-20)10-15(14)17/h6-7,10,20H,3,8-9,11-12H2,1-2H3,(H,18,21). The number of benzene rings is 1. The molecule has 0 saturated carbocycles. The Morgan fingerprint density at radius 1 is 1.48 bits per heavy atom. The van der Waals surface area contributed by atoms with Gasteiger partial charge in [-0.15, -0.1) is 0 Å². The molecule has 0 aliphatic heterocycles. The van der Waals surface area contributed by atoms with Gasteiger partial charge in [-0.25, -0.2) is 4.39 Å². The maximum atomic E-state index is 13.9. The number of halogens is 1. The van der Waals surface area contributed by atoms with E-state index in [0.29, 0.717) is 24.2 Å². The van der Waals surface area contributed by atoms with Gasteiger partial charge < -0.3 is 10.4 Å². The number of hydrogen-bond acceptors (Lipinski definition) is 3.